The molecule has 3 nitrogen and oxygen atoms in total. The molecule has 0 aliphatic carbocycles. The number of aryl methyl sites for hydroxylation is 1. The van der Waals surface area contributed by atoms with Crippen molar-refractivity contribution in [3.63, 3.8) is 0 Å². The zero-order valence-electron chi connectivity index (χ0n) is 10.9. The number of rotatable bonds is 4. The molecule has 2 rings (SSSR count). The molecule has 0 atom stereocenters. The summed E-state index contributed by atoms with van der Waals surface area (Å²) in [6.07, 6.45) is 2.04. The highest BCUT2D eigenvalue weighted by Gasteiger charge is 2.08. The van der Waals surface area contributed by atoms with Gasteiger partial charge in [0.05, 0.1) is 22.9 Å². The molecule has 0 amide bonds. The van der Waals surface area contributed by atoms with Crippen LogP contribution < -0.4 is 10.2 Å². The summed E-state index contributed by atoms with van der Waals surface area (Å²) >= 11 is 6.23. The van der Waals surface area contributed by atoms with Gasteiger partial charge in [0.1, 0.15) is 0 Å². The molecule has 1 aromatic heterocycles. The van der Waals surface area contributed by atoms with Crippen molar-refractivity contribution in [2.45, 2.75) is 6.54 Å². The van der Waals surface area contributed by atoms with Crippen LogP contribution in [0.15, 0.2) is 36.5 Å². The lowest BCUT2D eigenvalue weighted by Gasteiger charge is -2.20. The van der Waals surface area contributed by atoms with Gasteiger partial charge in [-0.3, -0.25) is 0 Å². The van der Waals surface area contributed by atoms with E-state index in [1.165, 1.54) is 5.69 Å². The lowest BCUT2D eigenvalue weighted by atomic mass is 10.2. The first kappa shape index (κ1) is 12.8. The zero-order valence-corrected chi connectivity index (χ0v) is 11.7. The molecule has 0 fully saturated rings. The zero-order chi connectivity index (χ0) is 13.1. The third kappa shape index (κ3) is 2.62. The Morgan fingerprint density at radius 2 is 2.00 bits per heavy atom. The minimum absolute atomic E-state index is 0.761. The van der Waals surface area contributed by atoms with E-state index in [9.17, 15) is 0 Å². The molecular formula is C14H18ClN3. The summed E-state index contributed by atoms with van der Waals surface area (Å²) in [7, 11) is 6.03. The third-order valence-electron chi connectivity index (χ3n) is 2.95. The molecule has 18 heavy (non-hydrogen) atoms. The van der Waals surface area contributed by atoms with E-state index in [0.29, 0.717) is 0 Å². The molecule has 0 unspecified atom stereocenters. The van der Waals surface area contributed by atoms with Gasteiger partial charge in [-0.15, -0.1) is 0 Å². The summed E-state index contributed by atoms with van der Waals surface area (Å²) in [5.41, 5.74) is 3.31. The standard InChI is InChI=1S/C14H18ClN3/c1-17(2)14-12(15)7-4-8-13(14)16-10-11-6-5-9-18(11)3/h4-9,16H,10H2,1-3H3. The average Bonchev–Trinajstić information content (AvgIpc) is 2.71. The fourth-order valence-electron chi connectivity index (χ4n) is 1.98. The van der Waals surface area contributed by atoms with Crippen LogP contribution in [0.1, 0.15) is 5.69 Å². The van der Waals surface area contributed by atoms with Crippen molar-refractivity contribution in [1.82, 2.24) is 4.57 Å². The van der Waals surface area contributed by atoms with Crippen LogP contribution in [0.3, 0.4) is 0 Å². The second kappa shape index (κ2) is 5.36. The second-order valence-electron chi connectivity index (χ2n) is 4.49. The first-order valence-corrected chi connectivity index (χ1v) is 6.27. The Morgan fingerprint density at radius 1 is 1.22 bits per heavy atom. The van der Waals surface area contributed by atoms with Gasteiger partial charge < -0.3 is 14.8 Å². The van der Waals surface area contributed by atoms with Gasteiger partial charge in [0.15, 0.2) is 0 Å². The topological polar surface area (TPSA) is 20.2 Å². The summed E-state index contributed by atoms with van der Waals surface area (Å²) in [5, 5.41) is 4.19. The summed E-state index contributed by atoms with van der Waals surface area (Å²) < 4.78 is 2.10. The summed E-state index contributed by atoms with van der Waals surface area (Å²) in [6.45, 7) is 0.782. The van der Waals surface area contributed by atoms with Crippen LogP contribution in [0, 0.1) is 0 Å². The van der Waals surface area contributed by atoms with Gasteiger partial charge in [-0.2, -0.15) is 0 Å². The monoisotopic (exact) mass is 263 g/mol. The minimum atomic E-state index is 0.761. The van der Waals surface area contributed by atoms with Crippen molar-refractivity contribution in [2.75, 3.05) is 24.3 Å². The number of para-hydroxylation sites is 1. The van der Waals surface area contributed by atoms with Crippen LogP contribution in [0.5, 0.6) is 0 Å². The molecule has 1 N–H and O–H groups in total. The predicted molar refractivity (Wildman–Crippen MR) is 78.5 cm³/mol. The lowest BCUT2D eigenvalue weighted by molar-refractivity contribution is 0.842. The third-order valence-corrected chi connectivity index (χ3v) is 3.25. The largest absolute Gasteiger partial charge is 0.378 e. The molecular weight excluding hydrogens is 246 g/mol. The van der Waals surface area contributed by atoms with Crippen LogP contribution in [-0.4, -0.2) is 18.7 Å². The Balaban J connectivity index is 2.19. The number of hydrogen-bond acceptors (Lipinski definition) is 2. The molecule has 0 spiro atoms. The predicted octanol–water partition coefficient (Wildman–Crippen LogP) is 3.36. The fraction of sp³-hybridized carbons (Fsp3) is 0.286. The summed E-state index contributed by atoms with van der Waals surface area (Å²) in [6, 6.07) is 10.1. The lowest BCUT2D eigenvalue weighted by Crippen LogP contribution is -2.13. The van der Waals surface area contributed by atoms with E-state index in [1.807, 2.05) is 56.5 Å². The molecule has 1 heterocycles. The van der Waals surface area contributed by atoms with Gasteiger partial charge in [0.25, 0.3) is 0 Å². The Hall–Kier alpha value is -1.61. The highest BCUT2D eigenvalue weighted by molar-refractivity contribution is 6.34. The van der Waals surface area contributed by atoms with Gasteiger partial charge in [0, 0.05) is 33.0 Å². The SMILES string of the molecule is CN(C)c1c(Cl)cccc1NCc1cccn1C. The van der Waals surface area contributed by atoms with Gasteiger partial charge in [-0.1, -0.05) is 17.7 Å². The first-order valence-electron chi connectivity index (χ1n) is 5.89. The number of aromatic nitrogens is 1. The van der Waals surface area contributed by atoms with E-state index in [1.54, 1.807) is 0 Å². The van der Waals surface area contributed by atoms with Crippen molar-refractivity contribution in [2.24, 2.45) is 7.05 Å². The van der Waals surface area contributed by atoms with E-state index in [0.717, 1.165) is 22.9 Å². The summed E-state index contributed by atoms with van der Waals surface area (Å²) in [5.74, 6) is 0. The van der Waals surface area contributed by atoms with E-state index >= 15 is 0 Å². The fourth-order valence-corrected chi connectivity index (χ4v) is 2.32. The Kier molecular flexibility index (Phi) is 3.82. The highest BCUT2D eigenvalue weighted by atomic mass is 35.5. The smallest absolute Gasteiger partial charge is 0.0786 e. The van der Waals surface area contributed by atoms with Crippen molar-refractivity contribution in [3.8, 4) is 0 Å². The van der Waals surface area contributed by atoms with Gasteiger partial charge >= 0.3 is 0 Å². The number of halogens is 1. The number of anilines is 2. The van der Waals surface area contributed by atoms with Crippen molar-refractivity contribution < 1.29 is 0 Å². The van der Waals surface area contributed by atoms with E-state index in [-0.39, 0.29) is 0 Å². The van der Waals surface area contributed by atoms with Gasteiger partial charge in [-0.25, -0.2) is 0 Å². The molecule has 96 valence electrons. The molecule has 1 aromatic carbocycles. The number of hydrogen-bond donors (Lipinski definition) is 1. The summed E-state index contributed by atoms with van der Waals surface area (Å²) in [4.78, 5) is 2.02. The molecule has 0 aliphatic heterocycles. The molecule has 2 aromatic rings. The normalized spacial score (nSPS) is 10.4. The number of nitrogens with zero attached hydrogens (tertiary/aromatic N) is 2. The maximum Gasteiger partial charge on any atom is 0.0786 e. The minimum Gasteiger partial charge on any atom is -0.378 e. The number of benzene rings is 1. The average molecular weight is 264 g/mol. The Labute approximate surface area is 113 Å². The van der Waals surface area contributed by atoms with E-state index < -0.39 is 0 Å². The quantitative estimate of drug-likeness (QED) is 0.913. The highest BCUT2D eigenvalue weighted by Crippen LogP contribution is 2.32. The van der Waals surface area contributed by atoms with Crippen LogP contribution in [0.25, 0.3) is 0 Å². The molecule has 0 aliphatic rings. The van der Waals surface area contributed by atoms with Crippen LogP contribution in [0.2, 0.25) is 5.02 Å². The van der Waals surface area contributed by atoms with E-state index in [4.69, 9.17) is 11.6 Å². The maximum atomic E-state index is 6.23. The van der Waals surface area contributed by atoms with Crippen LogP contribution in [-0.2, 0) is 13.6 Å². The molecule has 4 heteroatoms. The maximum absolute atomic E-state index is 6.23. The van der Waals surface area contributed by atoms with Gasteiger partial charge in [-0.05, 0) is 24.3 Å². The molecule has 0 saturated carbocycles. The first-order chi connectivity index (χ1) is 8.59. The Morgan fingerprint density at radius 3 is 2.61 bits per heavy atom. The molecule has 0 radical (unpaired) electrons. The van der Waals surface area contributed by atoms with Gasteiger partial charge in [0.2, 0.25) is 0 Å². The van der Waals surface area contributed by atoms with Crippen molar-refractivity contribution in [1.29, 1.82) is 0 Å². The Bertz CT molecular complexity index is 532. The van der Waals surface area contributed by atoms with E-state index in [2.05, 4.69) is 16.0 Å². The second-order valence-corrected chi connectivity index (χ2v) is 4.90. The van der Waals surface area contributed by atoms with Crippen molar-refractivity contribution >= 4 is 23.0 Å². The molecule has 0 bridgehead atoms. The van der Waals surface area contributed by atoms with Crippen LogP contribution >= 0.6 is 11.6 Å². The number of nitrogens with one attached hydrogen (secondary N) is 1. The molecule has 0 saturated heterocycles. The van der Waals surface area contributed by atoms with Crippen molar-refractivity contribution in [3.05, 3.63) is 47.2 Å². The van der Waals surface area contributed by atoms with Crippen LogP contribution in [0.4, 0.5) is 11.4 Å².